The van der Waals surface area contributed by atoms with E-state index in [1.807, 2.05) is 48.5 Å². The van der Waals surface area contributed by atoms with E-state index in [9.17, 15) is 5.11 Å². The van der Waals surface area contributed by atoms with Crippen molar-refractivity contribution in [2.75, 3.05) is 12.9 Å². The van der Waals surface area contributed by atoms with Crippen molar-refractivity contribution >= 4 is 11.8 Å². The summed E-state index contributed by atoms with van der Waals surface area (Å²) in [5.41, 5.74) is 5.28. The van der Waals surface area contributed by atoms with Gasteiger partial charge >= 0.3 is 0 Å². The highest BCUT2D eigenvalue weighted by Crippen LogP contribution is 2.44. The number of hydrogen-bond donors (Lipinski definition) is 1. The number of phenolic OH excluding ortho intramolecular Hbond substituents is 1. The first-order valence-corrected chi connectivity index (χ1v) is 9.33. The van der Waals surface area contributed by atoms with Crippen molar-refractivity contribution in [3.8, 4) is 33.8 Å². The molecule has 3 aromatic carbocycles. The summed E-state index contributed by atoms with van der Waals surface area (Å²) in [6, 6.07) is 19.9. The van der Waals surface area contributed by atoms with E-state index < -0.39 is 0 Å². The molecule has 0 amide bonds. The number of hydrogen-bond acceptors (Lipinski definition) is 3. The van der Waals surface area contributed by atoms with Crippen molar-refractivity contribution in [1.82, 2.24) is 0 Å². The number of thioether (sulfide) groups is 1. The molecular weight excluding hydrogens is 328 g/mol. The second-order valence-electron chi connectivity index (χ2n) is 5.80. The van der Waals surface area contributed by atoms with E-state index in [1.165, 1.54) is 5.56 Å². The predicted molar refractivity (Wildman–Crippen MR) is 107 cm³/mol. The van der Waals surface area contributed by atoms with Gasteiger partial charge in [0.15, 0.2) is 0 Å². The fourth-order valence-electron chi connectivity index (χ4n) is 3.02. The first-order chi connectivity index (χ1) is 12.2. The van der Waals surface area contributed by atoms with Crippen molar-refractivity contribution in [2.45, 2.75) is 18.7 Å². The van der Waals surface area contributed by atoms with Crippen LogP contribution < -0.4 is 4.74 Å². The maximum Gasteiger partial charge on any atom is 0.125 e. The standard InChI is InChI=1S/C22H22O2S/c1-4-25-22-15(2)19(16-8-6-5-7-9-16)14-20(23)21(22)17-10-12-18(24-3)13-11-17/h5-14,23H,4H2,1-3H3. The topological polar surface area (TPSA) is 29.5 Å². The van der Waals surface area contributed by atoms with Crippen molar-refractivity contribution < 1.29 is 9.84 Å². The van der Waals surface area contributed by atoms with Gasteiger partial charge in [-0.1, -0.05) is 49.4 Å². The molecule has 0 heterocycles. The summed E-state index contributed by atoms with van der Waals surface area (Å²) >= 11 is 1.77. The highest BCUT2D eigenvalue weighted by Gasteiger charge is 2.18. The zero-order chi connectivity index (χ0) is 17.8. The van der Waals surface area contributed by atoms with Gasteiger partial charge in [0.1, 0.15) is 11.5 Å². The molecule has 0 unspecified atom stereocenters. The van der Waals surface area contributed by atoms with Gasteiger partial charge in [0.05, 0.1) is 7.11 Å². The summed E-state index contributed by atoms with van der Waals surface area (Å²) < 4.78 is 5.25. The molecule has 128 valence electrons. The van der Waals surface area contributed by atoms with Crippen LogP contribution in [0, 0.1) is 6.92 Å². The van der Waals surface area contributed by atoms with Gasteiger partial charge in [-0.15, -0.1) is 11.8 Å². The van der Waals surface area contributed by atoms with Gasteiger partial charge < -0.3 is 9.84 Å². The van der Waals surface area contributed by atoms with Gasteiger partial charge in [-0.2, -0.15) is 0 Å². The SMILES string of the molecule is CCSc1c(C)c(-c2ccccc2)cc(O)c1-c1ccc(OC)cc1. The Morgan fingerprint density at radius 2 is 1.64 bits per heavy atom. The summed E-state index contributed by atoms with van der Waals surface area (Å²) in [5, 5.41) is 10.8. The third-order valence-corrected chi connectivity index (χ3v) is 5.35. The highest BCUT2D eigenvalue weighted by atomic mass is 32.2. The zero-order valence-electron chi connectivity index (χ0n) is 14.7. The van der Waals surface area contributed by atoms with Gasteiger partial charge in [0, 0.05) is 10.5 Å². The minimum atomic E-state index is 0.311. The molecular formula is C22H22O2S. The monoisotopic (exact) mass is 350 g/mol. The van der Waals surface area contributed by atoms with Gasteiger partial charge in [-0.3, -0.25) is 0 Å². The first kappa shape index (κ1) is 17.4. The summed E-state index contributed by atoms with van der Waals surface area (Å²) in [6.45, 7) is 4.26. The number of benzene rings is 3. The van der Waals surface area contributed by atoms with Crippen molar-refractivity contribution in [1.29, 1.82) is 0 Å². The summed E-state index contributed by atoms with van der Waals surface area (Å²) in [7, 11) is 1.66. The molecule has 0 saturated heterocycles. The molecule has 2 nitrogen and oxygen atoms in total. The molecule has 0 aliphatic heterocycles. The van der Waals surface area contributed by atoms with E-state index in [4.69, 9.17) is 4.74 Å². The lowest BCUT2D eigenvalue weighted by molar-refractivity contribution is 0.415. The van der Waals surface area contributed by atoms with E-state index in [1.54, 1.807) is 18.9 Å². The van der Waals surface area contributed by atoms with Crippen LogP contribution in [-0.2, 0) is 0 Å². The van der Waals surface area contributed by atoms with Crippen molar-refractivity contribution in [3.05, 3.63) is 66.2 Å². The third kappa shape index (κ3) is 3.52. The van der Waals surface area contributed by atoms with Crippen LogP contribution in [-0.4, -0.2) is 18.0 Å². The molecule has 3 heteroatoms. The van der Waals surface area contributed by atoms with Crippen molar-refractivity contribution in [2.24, 2.45) is 0 Å². The van der Waals surface area contributed by atoms with Crippen LogP contribution in [0.1, 0.15) is 12.5 Å². The van der Waals surface area contributed by atoms with Crippen LogP contribution in [0.25, 0.3) is 22.3 Å². The van der Waals surface area contributed by atoms with Gasteiger partial charge in [0.2, 0.25) is 0 Å². The normalized spacial score (nSPS) is 10.7. The maximum atomic E-state index is 10.8. The van der Waals surface area contributed by atoms with Crippen LogP contribution in [0.2, 0.25) is 0 Å². The zero-order valence-corrected chi connectivity index (χ0v) is 15.6. The third-order valence-electron chi connectivity index (χ3n) is 4.26. The molecule has 1 N–H and O–H groups in total. The lowest BCUT2D eigenvalue weighted by Crippen LogP contribution is -1.93. The number of rotatable bonds is 5. The summed E-state index contributed by atoms with van der Waals surface area (Å²) in [6.07, 6.45) is 0. The average Bonchev–Trinajstić information content (AvgIpc) is 2.65. The van der Waals surface area contributed by atoms with Crippen LogP contribution in [0.3, 0.4) is 0 Å². The summed E-state index contributed by atoms with van der Waals surface area (Å²) in [4.78, 5) is 1.13. The average molecular weight is 350 g/mol. The molecule has 0 aliphatic rings. The number of methoxy groups -OCH3 is 1. The Morgan fingerprint density at radius 1 is 0.960 bits per heavy atom. The van der Waals surface area contributed by atoms with Crippen LogP contribution in [0.5, 0.6) is 11.5 Å². The molecule has 0 spiro atoms. The molecule has 0 saturated carbocycles. The molecule has 0 fully saturated rings. The minimum absolute atomic E-state index is 0.311. The molecule has 25 heavy (non-hydrogen) atoms. The van der Waals surface area contributed by atoms with Crippen molar-refractivity contribution in [3.63, 3.8) is 0 Å². The van der Waals surface area contributed by atoms with E-state index in [-0.39, 0.29) is 0 Å². The molecule has 0 aliphatic carbocycles. The quantitative estimate of drug-likeness (QED) is 0.559. The lowest BCUT2D eigenvalue weighted by atomic mass is 9.94. The van der Waals surface area contributed by atoms with E-state index in [0.717, 1.165) is 38.7 Å². The van der Waals surface area contributed by atoms with Gasteiger partial charge in [0.25, 0.3) is 0 Å². The van der Waals surface area contributed by atoms with Gasteiger partial charge in [-0.25, -0.2) is 0 Å². The Bertz CT molecular complexity index is 855. The fourth-order valence-corrected chi connectivity index (χ4v) is 4.00. The molecule has 3 aromatic rings. The molecule has 0 aromatic heterocycles. The molecule has 0 atom stereocenters. The van der Waals surface area contributed by atoms with Gasteiger partial charge in [-0.05, 0) is 53.1 Å². The fraction of sp³-hybridized carbons (Fsp3) is 0.182. The lowest BCUT2D eigenvalue weighted by Gasteiger charge is -2.18. The minimum Gasteiger partial charge on any atom is -0.507 e. The Hall–Kier alpha value is -2.39. The first-order valence-electron chi connectivity index (χ1n) is 8.35. The van der Waals surface area contributed by atoms with E-state index >= 15 is 0 Å². The second-order valence-corrected chi connectivity index (χ2v) is 7.07. The molecule has 0 radical (unpaired) electrons. The Balaban J connectivity index is 2.20. The number of phenols is 1. The van der Waals surface area contributed by atoms with Crippen LogP contribution >= 0.6 is 11.8 Å². The Morgan fingerprint density at radius 3 is 2.24 bits per heavy atom. The largest absolute Gasteiger partial charge is 0.507 e. The van der Waals surface area contributed by atoms with E-state index in [0.29, 0.717) is 5.75 Å². The van der Waals surface area contributed by atoms with E-state index in [2.05, 4.69) is 26.0 Å². The maximum absolute atomic E-state index is 10.8. The number of ether oxygens (including phenoxy) is 1. The Labute approximate surface area is 153 Å². The number of aromatic hydroxyl groups is 1. The molecule has 0 bridgehead atoms. The predicted octanol–water partition coefficient (Wildman–Crippen LogP) is 6.16. The van der Waals surface area contributed by atoms with Crippen LogP contribution in [0.15, 0.2) is 65.6 Å². The molecule has 3 rings (SSSR count). The second kappa shape index (κ2) is 7.66. The Kier molecular flexibility index (Phi) is 5.34. The smallest absolute Gasteiger partial charge is 0.125 e. The van der Waals surface area contributed by atoms with Crippen LogP contribution in [0.4, 0.5) is 0 Å². The highest BCUT2D eigenvalue weighted by molar-refractivity contribution is 7.99. The summed E-state index contributed by atoms with van der Waals surface area (Å²) in [5.74, 6) is 2.07.